The minimum Gasteiger partial charge on any atom is -0.358 e. The van der Waals surface area contributed by atoms with Crippen molar-refractivity contribution in [2.45, 2.75) is 27.2 Å². The van der Waals surface area contributed by atoms with E-state index >= 15 is 0 Å². The van der Waals surface area contributed by atoms with Crippen molar-refractivity contribution in [1.29, 1.82) is 5.41 Å². The summed E-state index contributed by atoms with van der Waals surface area (Å²) in [5.41, 5.74) is -0.132. The van der Waals surface area contributed by atoms with Crippen molar-refractivity contribution < 1.29 is 4.79 Å². The van der Waals surface area contributed by atoms with E-state index in [4.69, 9.17) is 5.41 Å². The predicted octanol–water partition coefficient (Wildman–Crippen LogP) is 0.832. The van der Waals surface area contributed by atoms with Crippen molar-refractivity contribution in [2.75, 3.05) is 19.6 Å². The number of carbonyl (C=O) groups is 1. The van der Waals surface area contributed by atoms with Crippen LogP contribution in [0.5, 0.6) is 0 Å². The van der Waals surface area contributed by atoms with Crippen LogP contribution in [0.4, 0.5) is 0 Å². The molecule has 0 aromatic rings. The zero-order chi connectivity index (χ0) is 10.8. The SMILES string of the molecule is CC(C)(C)C(=N)N1CCNC(=O)CC1. The molecular weight excluding hydrogens is 178 g/mol. The topological polar surface area (TPSA) is 56.2 Å². The Morgan fingerprint density at radius 3 is 2.64 bits per heavy atom. The average Bonchev–Trinajstić information content (AvgIpc) is 2.27. The third-order valence-corrected chi connectivity index (χ3v) is 2.34. The monoisotopic (exact) mass is 197 g/mol. The van der Waals surface area contributed by atoms with E-state index in [0.29, 0.717) is 25.3 Å². The van der Waals surface area contributed by atoms with Gasteiger partial charge in [-0.15, -0.1) is 0 Å². The van der Waals surface area contributed by atoms with Gasteiger partial charge in [-0.3, -0.25) is 10.2 Å². The third kappa shape index (κ3) is 2.72. The number of amidine groups is 1. The summed E-state index contributed by atoms with van der Waals surface area (Å²) in [5, 5.41) is 10.8. The van der Waals surface area contributed by atoms with Crippen molar-refractivity contribution in [3.63, 3.8) is 0 Å². The van der Waals surface area contributed by atoms with Crippen molar-refractivity contribution in [3.05, 3.63) is 0 Å². The summed E-state index contributed by atoms with van der Waals surface area (Å²) in [5.74, 6) is 0.711. The Labute approximate surface area is 85.2 Å². The Morgan fingerprint density at radius 1 is 1.43 bits per heavy atom. The number of amides is 1. The molecule has 0 saturated carbocycles. The van der Waals surface area contributed by atoms with Gasteiger partial charge >= 0.3 is 0 Å². The van der Waals surface area contributed by atoms with Gasteiger partial charge in [-0.2, -0.15) is 0 Å². The molecule has 1 amide bonds. The Kier molecular flexibility index (Phi) is 3.13. The highest BCUT2D eigenvalue weighted by Gasteiger charge is 2.24. The van der Waals surface area contributed by atoms with E-state index in [9.17, 15) is 4.79 Å². The maximum atomic E-state index is 11.1. The molecule has 0 radical (unpaired) electrons. The molecule has 0 aliphatic carbocycles. The molecule has 1 heterocycles. The molecule has 1 fully saturated rings. The van der Waals surface area contributed by atoms with Crippen LogP contribution in [0.25, 0.3) is 0 Å². The minimum atomic E-state index is -0.132. The Balaban J connectivity index is 2.60. The zero-order valence-corrected chi connectivity index (χ0v) is 9.18. The maximum Gasteiger partial charge on any atom is 0.221 e. The molecule has 0 unspecified atom stereocenters. The molecule has 4 heteroatoms. The van der Waals surface area contributed by atoms with Crippen LogP contribution in [0.1, 0.15) is 27.2 Å². The fourth-order valence-corrected chi connectivity index (χ4v) is 1.46. The van der Waals surface area contributed by atoms with Gasteiger partial charge < -0.3 is 10.2 Å². The summed E-state index contributed by atoms with van der Waals surface area (Å²) in [6.45, 7) is 8.14. The van der Waals surface area contributed by atoms with E-state index in [1.54, 1.807) is 0 Å². The van der Waals surface area contributed by atoms with Crippen LogP contribution in [0, 0.1) is 10.8 Å². The molecule has 0 spiro atoms. The first-order valence-electron chi connectivity index (χ1n) is 5.02. The number of carbonyl (C=O) groups excluding carboxylic acids is 1. The van der Waals surface area contributed by atoms with Crippen molar-refractivity contribution in [2.24, 2.45) is 5.41 Å². The molecule has 0 bridgehead atoms. The lowest BCUT2D eigenvalue weighted by Gasteiger charge is -2.31. The number of rotatable bonds is 0. The standard InChI is InChI=1S/C10H19N3O/c1-10(2,3)9(11)13-6-4-8(14)12-5-7-13/h11H,4-7H2,1-3H3,(H,12,14). The number of nitrogens with one attached hydrogen (secondary N) is 2. The molecule has 14 heavy (non-hydrogen) atoms. The normalized spacial score (nSPS) is 18.8. The molecule has 1 saturated heterocycles. The van der Waals surface area contributed by atoms with Gasteiger partial charge in [-0.1, -0.05) is 20.8 Å². The lowest BCUT2D eigenvalue weighted by Crippen LogP contribution is -2.40. The molecule has 1 rings (SSSR count). The van der Waals surface area contributed by atoms with Crippen LogP contribution >= 0.6 is 0 Å². The molecule has 2 N–H and O–H groups in total. The highest BCUT2D eigenvalue weighted by Crippen LogP contribution is 2.18. The first kappa shape index (κ1) is 11.0. The van der Waals surface area contributed by atoms with Crippen molar-refractivity contribution in [3.8, 4) is 0 Å². The van der Waals surface area contributed by atoms with Crippen molar-refractivity contribution >= 4 is 11.7 Å². The quantitative estimate of drug-likeness (QED) is 0.446. The van der Waals surface area contributed by atoms with Gasteiger partial charge in [-0.25, -0.2) is 0 Å². The fourth-order valence-electron chi connectivity index (χ4n) is 1.46. The van der Waals surface area contributed by atoms with Crippen molar-refractivity contribution in [1.82, 2.24) is 10.2 Å². The molecule has 4 nitrogen and oxygen atoms in total. The Bertz CT molecular complexity index is 242. The van der Waals surface area contributed by atoms with Crippen LogP contribution in [0.15, 0.2) is 0 Å². The summed E-state index contributed by atoms with van der Waals surface area (Å²) in [7, 11) is 0. The summed E-state index contributed by atoms with van der Waals surface area (Å²) in [4.78, 5) is 13.1. The van der Waals surface area contributed by atoms with Gasteiger partial charge in [0, 0.05) is 31.5 Å². The van der Waals surface area contributed by atoms with Gasteiger partial charge in [0.15, 0.2) is 0 Å². The highest BCUT2D eigenvalue weighted by molar-refractivity contribution is 5.85. The van der Waals surface area contributed by atoms with E-state index in [1.807, 2.05) is 25.7 Å². The zero-order valence-electron chi connectivity index (χ0n) is 9.18. The smallest absolute Gasteiger partial charge is 0.221 e. The lowest BCUT2D eigenvalue weighted by atomic mass is 9.94. The van der Waals surface area contributed by atoms with Crippen LogP contribution < -0.4 is 5.32 Å². The van der Waals surface area contributed by atoms with Crippen LogP contribution in [-0.4, -0.2) is 36.3 Å². The number of hydrogen-bond acceptors (Lipinski definition) is 2. The fraction of sp³-hybridized carbons (Fsp3) is 0.800. The van der Waals surface area contributed by atoms with E-state index in [-0.39, 0.29) is 11.3 Å². The van der Waals surface area contributed by atoms with E-state index in [2.05, 4.69) is 5.32 Å². The van der Waals surface area contributed by atoms with E-state index in [1.165, 1.54) is 0 Å². The van der Waals surface area contributed by atoms with Crippen LogP contribution in [-0.2, 0) is 4.79 Å². The summed E-state index contributed by atoms with van der Waals surface area (Å²) in [6, 6.07) is 0. The largest absolute Gasteiger partial charge is 0.358 e. The Morgan fingerprint density at radius 2 is 2.07 bits per heavy atom. The van der Waals surface area contributed by atoms with Gasteiger partial charge in [-0.05, 0) is 0 Å². The molecule has 0 atom stereocenters. The third-order valence-electron chi connectivity index (χ3n) is 2.34. The van der Waals surface area contributed by atoms with Gasteiger partial charge in [0.2, 0.25) is 5.91 Å². The molecule has 0 aromatic carbocycles. The lowest BCUT2D eigenvalue weighted by molar-refractivity contribution is -0.120. The van der Waals surface area contributed by atoms with Gasteiger partial charge in [0.1, 0.15) is 5.84 Å². The number of nitrogens with zero attached hydrogens (tertiary/aromatic N) is 1. The highest BCUT2D eigenvalue weighted by atomic mass is 16.1. The first-order valence-corrected chi connectivity index (χ1v) is 5.02. The molecule has 1 aliphatic rings. The average molecular weight is 197 g/mol. The van der Waals surface area contributed by atoms with Gasteiger partial charge in [0.25, 0.3) is 0 Å². The summed E-state index contributed by atoms with van der Waals surface area (Å²) < 4.78 is 0. The minimum absolute atomic E-state index is 0.0919. The second-order valence-corrected chi connectivity index (χ2v) is 4.69. The summed E-state index contributed by atoms with van der Waals surface area (Å²) in [6.07, 6.45) is 0.498. The molecule has 80 valence electrons. The maximum absolute atomic E-state index is 11.1. The Hall–Kier alpha value is -1.06. The molecule has 0 aromatic heterocycles. The molecule has 1 aliphatic heterocycles. The number of hydrogen-bond donors (Lipinski definition) is 2. The van der Waals surface area contributed by atoms with E-state index in [0.717, 1.165) is 6.54 Å². The van der Waals surface area contributed by atoms with Gasteiger partial charge in [0.05, 0.1) is 0 Å². The van der Waals surface area contributed by atoms with Crippen LogP contribution in [0.3, 0.4) is 0 Å². The van der Waals surface area contributed by atoms with E-state index < -0.39 is 0 Å². The van der Waals surface area contributed by atoms with Crippen LogP contribution in [0.2, 0.25) is 0 Å². The first-order chi connectivity index (χ1) is 6.41. The summed E-state index contributed by atoms with van der Waals surface area (Å²) >= 11 is 0. The second kappa shape index (κ2) is 3.98. The molecular formula is C10H19N3O. The predicted molar refractivity (Wildman–Crippen MR) is 56.4 cm³/mol. The second-order valence-electron chi connectivity index (χ2n) is 4.69.